The molecule has 0 fully saturated rings. The largest absolute Gasteiger partial charge is 0.313 e. The van der Waals surface area contributed by atoms with Crippen LogP contribution in [0.4, 0.5) is 0 Å². The highest BCUT2D eigenvalue weighted by molar-refractivity contribution is 9.13. The van der Waals surface area contributed by atoms with Crippen molar-refractivity contribution in [3.8, 4) is 0 Å². The number of benzene rings is 1. The average molecular weight is 319 g/mol. The van der Waals surface area contributed by atoms with E-state index in [4.69, 9.17) is 5.41 Å². The van der Waals surface area contributed by atoms with Crippen LogP contribution in [0.25, 0.3) is 11.0 Å². The monoisotopic (exact) mass is 317 g/mol. The van der Waals surface area contributed by atoms with E-state index in [-0.39, 0.29) is 0 Å². The number of halogens is 2. The van der Waals surface area contributed by atoms with E-state index < -0.39 is 0 Å². The number of nitrogens with zero attached hydrogens (tertiary/aromatic N) is 2. The highest BCUT2D eigenvalue weighted by Gasteiger charge is 2.07. The maximum Gasteiger partial charge on any atom is 0.202 e. The lowest BCUT2D eigenvalue weighted by Gasteiger charge is -1.98. The Morgan fingerprint density at radius 2 is 1.36 bits per heavy atom. The van der Waals surface area contributed by atoms with Gasteiger partial charge in [0.25, 0.3) is 0 Å². The Hall–Kier alpha value is -0.550. The summed E-state index contributed by atoms with van der Waals surface area (Å²) >= 11 is 6.91. The summed E-state index contributed by atoms with van der Waals surface area (Å²) in [5.74, 6) is 0. The second-order valence-electron chi connectivity index (χ2n) is 3.20. The minimum Gasteiger partial charge on any atom is -0.313 e. The Labute approximate surface area is 98.1 Å². The van der Waals surface area contributed by atoms with Crippen LogP contribution in [0.3, 0.4) is 0 Å². The van der Waals surface area contributed by atoms with Crippen LogP contribution in [0.15, 0.2) is 21.1 Å². The SMILES string of the molecule is Cn1c(=N)n(C)c2cc(Br)c(Br)cc21. The molecule has 14 heavy (non-hydrogen) atoms. The topological polar surface area (TPSA) is 33.7 Å². The molecule has 0 saturated heterocycles. The molecule has 5 heteroatoms. The molecule has 0 bridgehead atoms. The van der Waals surface area contributed by atoms with Gasteiger partial charge in [-0.25, -0.2) is 0 Å². The molecule has 0 saturated carbocycles. The third kappa shape index (κ3) is 1.26. The van der Waals surface area contributed by atoms with Crippen molar-refractivity contribution in [1.29, 1.82) is 5.41 Å². The molecular formula is C9H9Br2N3. The smallest absolute Gasteiger partial charge is 0.202 e. The minimum absolute atomic E-state index is 0.491. The van der Waals surface area contributed by atoms with E-state index in [1.54, 1.807) is 0 Å². The van der Waals surface area contributed by atoms with Crippen LogP contribution in [0.5, 0.6) is 0 Å². The van der Waals surface area contributed by atoms with Gasteiger partial charge < -0.3 is 9.13 Å². The first-order chi connectivity index (χ1) is 6.52. The molecule has 2 rings (SSSR count). The third-order valence-corrected chi connectivity index (χ3v) is 4.22. The van der Waals surface area contributed by atoms with Crippen LogP contribution < -0.4 is 5.62 Å². The predicted molar refractivity (Wildman–Crippen MR) is 63.1 cm³/mol. The summed E-state index contributed by atoms with van der Waals surface area (Å²) in [6.45, 7) is 0. The maximum atomic E-state index is 7.81. The molecular weight excluding hydrogens is 310 g/mol. The maximum absolute atomic E-state index is 7.81. The average Bonchev–Trinajstić information content (AvgIpc) is 2.34. The van der Waals surface area contributed by atoms with Gasteiger partial charge in [-0.1, -0.05) is 0 Å². The van der Waals surface area contributed by atoms with Crippen LogP contribution in [-0.2, 0) is 14.1 Å². The van der Waals surface area contributed by atoms with Gasteiger partial charge in [-0.05, 0) is 44.0 Å². The number of aromatic nitrogens is 2. The normalized spacial score (nSPS) is 11.1. The number of hydrogen-bond acceptors (Lipinski definition) is 1. The zero-order valence-electron chi connectivity index (χ0n) is 7.81. The molecule has 0 aliphatic rings. The molecule has 1 N–H and O–H groups in total. The Bertz CT molecular complexity index is 517. The molecule has 0 radical (unpaired) electrons. The summed E-state index contributed by atoms with van der Waals surface area (Å²) < 4.78 is 5.72. The molecule has 1 aromatic carbocycles. The molecule has 1 aromatic heterocycles. The molecule has 1 heterocycles. The first kappa shape index (κ1) is 9.98. The second kappa shape index (κ2) is 3.24. The number of rotatable bonds is 0. The zero-order valence-corrected chi connectivity index (χ0v) is 11.0. The van der Waals surface area contributed by atoms with Crippen molar-refractivity contribution >= 4 is 42.9 Å². The van der Waals surface area contributed by atoms with Crippen LogP contribution in [-0.4, -0.2) is 9.13 Å². The van der Waals surface area contributed by atoms with Crippen molar-refractivity contribution in [2.24, 2.45) is 14.1 Å². The minimum atomic E-state index is 0.491. The van der Waals surface area contributed by atoms with Gasteiger partial charge in [0.15, 0.2) is 0 Å². The van der Waals surface area contributed by atoms with Gasteiger partial charge in [-0.15, -0.1) is 0 Å². The van der Waals surface area contributed by atoms with Crippen molar-refractivity contribution < 1.29 is 0 Å². The van der Waals surface area contributed by atoms with Crippen LogP contribution in [0, 0.1) is 5.41 Å². The van der Waals surface area contributed by atoms with E-state index in [1.165, 1.54) is 0 Å². The van der Waals surface area contributed by atoms with Gasteiger partial charge in [0.2, 0.25) is 5.62 Å². The van der Waals surface area contributed by atoms with Gasteiger partial charge in [-0.3, -0.25) is 5.41 Å². The van der Waals surface area contributed by atoms with E-state index in [0.717, 1.165) is 20.0 Å². The van der Waals surface area contributed by atoms with Crippen LogP contribution in [0.2, 0.25) is 0 Å². The summed E-state index contributed by atoms with van der Waals surface area (Å²) in [5, 5.41) is 7.81. The van der Waals surface area contributed by atoms with Crippen molar-refractivity contribution in [1.82, 2.24) is 9.13 Å². The number of fused-ring (bicyclic) bond motifs is 1. The molecule has 0 atom stereocenters. The molecule has 2 aromatic rings. The number of hydrogen-bond donors (Lipinski definition) is 1. The summed E-state index contributed by atoms with van der Waals surface area (Å²) in [6.07, 6.45) is 0. The highest BCUT2D eigenvalue weighted by Crippen LogP contribution is 2.27. The Kier molecular flexibility index (Phi) is 2.31. The van der Waals surface area contributed by atoms with E-state index in [9.17, 15) is 0 Å². The molecule has 3 nitrogen and oxygen atoms in total. The van der Waals surface area contributed by atoms with Crippen molar-refractivity contribution in [2.75, 3.05) is 0 Å². The fraction of sp³-hybridized carbons (Fsp3) is 0.222. The first-order valence-electron chi connectivity index (χ1n) is 4.07. The van der Waals surface area contributed by atoms with Gasteiger partial charge in [0, 0.05) is 23.0 Å². The quantitative estimate of drug-likeness (QED) is 0.774. The van der Waals surface area contributed by atoms with E-state index >= 15 is 0 Å². The standard InChI is InChI=1S/C9H9Br2N3/c1-13-7-3-5(10)6(11)4-8(7)14(2)9(13)12/h3-4,12H,1-2H3. The highest BCUT2D eigenvalue weighted by atomic mass is 79.9. The summed E-state index contributed by atoms with van der Waals surface area (Å²) in [4.78, 5) is 0. The number of imidazole rings is 1. The Balaban J connectivity index is 3.04. The van der Waals surface area contributed by atoms with Crippen LogP contribution >= 0.6 is 31.9 Å². The molecule has 74 valence electrons. The lowest BCUT2D eigenvalue weighted by Crippen LogP contribution is -2.19. The van der Waals surface area contributed by atoms with Gasteiger partial charge in [0.05, 0.1) is 11.0 Å². The van der Waals surface area contributed by atoms with Crippen molar-refractivity contribution in [2.45, 2.75) is 0 Å². The van der Waals surface area contributed by atoms with Gasteiger partial charge in [-0.2, -0.15) is 0 Å². The molecule has 0 amide bonds. The first-order valence-corrected chi connectivity index (χ1v) is 5.66. The molecule has 0 aliphatic heterocycles. The third-order valence-electron chi connectivity index (χ3n) is 2.38. The summed E-state index contributed by atoms with van der Waals surface area (Å²) in [6, 6.07) is 4.02. The fourth-order valence-electron chi connectivity index (χ4n) is 1.52. The number of aryl methyl sites for hydroxylation is 2. The van der Waals surface area contributed by atoms with Gasteiger partial charge in [0.1, 0.15) is 0 Å². The van der Waals surface area contributed by atoms with Crippen molar-refractivity contribution in [3.05, 3.63) is 26.7 Å². The molecule has 0 spiro atoms. The van der Waals surface area contributed by atoms with E-state index in [0.29, 0.717) is 5.62 Å². The Morgan fingerprint density at radius 1 is 1.00 bits per heavy atom. The van der Waals surface area contributed by atoms with E-state index in [1.807, 2.05) is 35.4 Å². The second-order valence-corrected chi connectivity index (χ2v) is 4.91. The lowest BCUT2D eigenvalue weighted by molar-refractivity contribution is 0.742. The summed E-state index contributed by atoms with van der Waals surface area (Å²) in [5.41, 5.74) is 2.59. The zero-order chi connectivity index (χ0) is 10.5. The molecule has 0 unspecified atom stereocenters. The van der Waals surface area contributed by atoms with Crippen molar-refractivity contribution in [3.63, 3.8) is 0 Å². The van der Waals surface area contributed by atoms with Crippen LogP contribution in [0.1, 0.15) is 0 Å². The van der Waals surface area contributed by atoms with E-state index in [2.05, 4.69) is 31.9 Å². The fourth-order valence-corrected chi connectivity index (χ4v) is 2.18. The Morgan fingerprint density at radius 3 is 1.71 bits per heavy atom. The lowest BCUT2D eigenvalue weighted by atomic mass is 10.3. The molecule has 0 aliphatic carbocycles. The number of nitrogens with one attached hydrogen (secondary N) is 1. The summed E-state index contributed by atoms with van der Waals surface area (Å²) in [7, 11) is 3.79. The predicted octanol–water partition coefficient (Wildman–Crippen LogP) is 2.52. The van der Waals surface area contributed by atoms with Gasteiger partial charge >= 0.3 is 0 Å².